The van der Waals surface area contributed by atoms with E-state index in [1.54, 1.807) is 0 Å². The fourth-order valence-electron chi connectivity index (χ4n) is 1.14. The predicted octanol–water partition coefficient (Wildman–Crippen LogP) is 3.46. The Bertz CT molecular complexity index is 223. The molecule has 0 amide bonds. The predicted molar refractivity (Wildman–Crippen MR) is 60.1 cm³/mol. The number of benzene rings is 1. The van der Waals surface area contributed by atoms with Crippen LogP contribution in [-0.2, 0) is 0 Å². The summed E-state index contributed by atoms with van der Waals surface area (Å²) in [5.41, 5.74) is 0. The first-order chi connectivity index (χ1) is 6.33. The van der Waals surface area contributed by atoms with Gasteiger partial charge in [-0.05, 0) is 25.0 Å². The minimum Gasteiger partial charge on any atom is -0.487 e. The maximum Gasteiger partial charge on any atom is 0.120 e. The van der Waals surface area contributed by atoms with Gasteiger partial charge in [-0.3, -0.25) is 0 Å². The molecule has 2 atom stereocenters. The van der Waals surface area contributed by atoms with Crippen LogP contribution in [-0.4, -0.2) is 5.85 Å². The van der Waals surface area contributed by atoms with Crippen LogP contribution in [0.15, 0.2) is 30.3 Å². The fraction of sp³-hybridized carbons (Fsp3) is 0.455. The highest BCUT2D eigenvalue weighted by molar-refractivity contribution is 7.17. The van der Waals surface area contributed by atoms with E-state index in [0.29, 0.717) is 0 Å². The fourth-order valence-corrected chi connectivity index (χ4v) is 1.53. The number of rotatable bonds is 5. The first-order valence-corrected chi connectivity index (χ1v) is 5.47. The average Bonchev–Trinajstić information content (AvgIpc) is 2.16. The second-order valence-corrected chi connectivity index (χ2v) is 3.86. The Kier molecular flexibility index (Phi) is 4.85. The number of para-hydroxylation sites is 1. The highest BCUT2D eigenvalue weighted by atomic mass is 31.0. The topological polar surface area (TPSA) is 9.23 Å². The van der Waals surface area contributed by atoms with Gasteiger partial charge in [0.2, 0.25) is 0 Å². The highest BCUT2D eigenvalue weighted by Crippen LogP contribution is 2.17. The molecule has 2 heteroatoms. The average molecular weight is 196 g/mol. The number of ether oxygens (including phenoxy) is 1. The van der Waals surface area contributed by atoms with Crippen molar-refractivity contribution in [3.05, 3.63) is 30.3 Å². The van der Waals surface area contributed by atoms with E-state index in [9.17, 15) is 0 Å². The van der Waals surface area contributed by atoms with Gasteiger partial charge in [0, 0.05) is 0 Å². The van der Waals surface area contributed by atoms with Crippen molar-refractivity contribution in [2.75, 3.05) is 0 Å². The number of hydrogen-bond acceptors (Lipinski definition) is 1. The van der Waals surface area contributed by atoms with Gasteiger partial charge in [-0.25, -0.2) is 0 Å². The van der Waals surface area contributed by atoms with Gasteiger partial charge in [0.15, 0.2) is 0 Å². The summed E-state index contributed by atoms with van der Waals surface area (Å²) in [6, 6.07) is 9.96. The van der Waals surface area contributed by atoms with Crippen molar-refractivity contribution >= 4 is 9.24 Å². The van der Waals surface area contributed by atoms with Crippen LogP contribution in [0.5, 0.6) is 5.75 Å². The molecule has 1 rings (SSSR count). The third-order valence-electron chi connectivity index (χ3n) is 1.87. The van der Waals surface area contributed by atoms with Crippen LogP contribution in [0, 0.1) is 0 Å². The van der Waals surface area contributed by atoms with Gasteiger partial charge in [0.1, 0.15) is 11.6 Å². The Balaban J connectivity index is 2.32. The molecule has 0 N–H and O–H groups in total. The smallest absolute Gasteiger partial charge is 0.120 e. The van der Waals surface area contributed by atoms with Crippen LogP contribution < -0.4 is 4.74 Å². The highest BCUT2D eigenvalue weighted by Gasteiger charge is 2.01. The maximum absolute atomic E-state index is 5.68. The molecule has 0 bridgehead atoms. The number of hydrogen-bond donors (Lipinski definition) is 0. The molecule has 0 aliphatic rings. The second kappa shape index (κ2) is 5.99. The zero-order chi connectivity index (χ0) is 9.52. The summed E-state index contributed by atoms with van der Waals surface area (Å²) in [5.74, 6) is 1.21. The number of unbranched alkanes of at least 4 members (excludes halogenated alkanes) is 1. The van der Waals surface area contributed by atoms with E-state index in [4.69, 9.17) is 4.74 Å². The molecule has 0 aliphatic heterocycles. The molecule has 0 saturated carbocycles. The lowest BCUT2D eigenvalue weighted by Crippen LogP contribution is -2.07. The quantitative estimate of drug-likeness (QED) is 0.655. The molecule has 1 aromatic carbocycles. The van der Waals surface area contributed by atoms with Crippen molar-refractivity contribution in [3.63, 3.8) is 0 Å². The molecule has 0 saturated heterocycles. The lowest BCUT2D eigenvalue weighted by atomic mass is 10.2. The van der Waals surface area contributed by atoms with E-state index in [1.807, 2.05) is 30.3 Å². The first-order valence-electron chi connectivity index (χ1n) is 4.80. The van der Waals surface area contributed by atoms with Crippen molar-refractivity contribution in [2.45, 2.75) is 32.0 Å². The summed E-state index contributed by atoms with van der Waals surface area (Å²) < 4.78 is 5.68. The van der Waals surface area contributed by atoms with Gasteiger partial charge < -0.3 is 4.74 Å². The Morgan fingerprint density at radius 1 is 1.31 bits per heavy atom. The summed E-state index contributed by atoms with van der Waals surface area (Å²) in [6.45, 7) is 2.19. The van der Waals surface area contributed by atoms with E-state index in [0.717, 1.165) is 12.2 Å². The van der Waals surface area contributed by atoms with Gasteiger partial charge in [-0.2, -0.15) is 0 Å². The molecule has 72 valence electrons. The van der Waals surface area contributed by atoms with Crippen molar-refractivity contribution < 1.29 is 4.74 Å². The summed E-state index contributed by atoms with van der Waals surface area (Å²) in [7, 11) is 2.73. The molecular formula is C11H17OP. The first kappa shape index (κ1) is 10.5. The van der Waals surface area contributed by atoms with Crippen molar-refractivity contribution in [1.29, 1.82) is 0 Å². The third kappa shape index (κ3) is 4.28. The van der Waals surface area contributed by atoms with Crippen LogP contribution in [0.25, 0.3) is 0 Å². The van der Waals surface area contributed by atoms with E-state index < -0.39 is 0 Å². The third-order valence-corrected chi connectivity index (χ3v) is 2.34. The van der Waals surface area contributed by atoms with E-state index in [1.165, 1.54) is 12.8 Å². The monoisotopic (exact) mass is 196 g/mol. The molecule has 13 heavy (non-hydrogen) atoms. The van der Waals surface area contributed by atoms with Gasteiger partial charge in [-0.1, -0.05) is 40.8 Å². The Morgan fingerprint density at radius 3 is 2.62 bits per heavy atom. The standard InChI is InChI=1S/C11H17OP/c1-2-3-9-11(13)12-10-7-5-4-6-8-10/h4-8,11H,2-3,9,13H2,1H3. The molecular weight excluding hydrogens is 179 g/mol. The molecule has 0 fully saturated rings. The van der Waals surface area contributed by atoms with Crippen LogP contribution in [0.3, 0.4) is 0 Å². The summed E-state index contributed by atoms with van der Waals surface area (Å²) in [4.78, 5) is 0. The Labute approximate surface area is 82.7 Å². The summed E-state index contributed by atoms with van der Waals surface area (Å²) >= 11 is 0. The van der Waals surface area contributed by atoms with Gasteiger partial charge >= 0.3 is 0 Å². The molecule has 1 aromatic rings. The van der Waals surface area contributed by atoms with Crippen LogP contribution in [0.4, 0.5) is 0 Å². The Morgan fingerprint density at radius 2 is 2.00 bits per heavy atom. The van der Waals surface area contributed by atoms with Gasteiger partial charge in [0.25, 0.3) is 0 Å². The molecule has 0 spiro atoms. The minimum absolute atomic E-state index is 0.252. The SMILES string of the molecule is CCCCC(P)Oc1ccccc1. The van der Waals surface area contributed by atoms with Crippen LogP contribution >= 0.6 is 9.24 Å². The largest absolute Gasteiger partial charge is 0.487 e. The summed E-state index contributed by atoms with van der Waals surface area (Å²) in [5, 5.41) is 0. The molecule has 0 aliphatic carbocycles. The lowest BCUT2D eigenvalue weighted by Gasteiger charge is -2.13. The van der Waals surface area contributed by atoms with E-state index in [-0.39, 0.29) is 5.85 Å². The zero-order valence-corrected chi connectivity index (χ0v) is 9.23. The molecule has 0 radical (unpaired) electrons. The van der Waals surface area contributed by atoms with Gasteiger partial charge in [0.05, 0.1) is 0 Å². The molecule has 1 nitrogen and oxygen atoms in total. The van der Waals surface area contributed by atoms with Gasteiger partial charge in [-0.15, -0.1) is 0 Å². The zero-order valence-electron chi connectivity index (χ0n) is 8.07. The van der Waals surface area contributed by atoms with Crippen molar-refractivity contribution in [2.24, 2.45) is 0 Å². The molecule has 0 heterocycles. The van der Waals surface area contributed by atoms with Crippen molar-refractivity contribution in [1.82, 2.24) is 0 Å². The van der Waals surface area contributed by atoms with Crippen LogP contribution in [0.2, 0.25) is 0 Å². The molecule has 2 unspecified atom stereocenters. The normalized spacial score (nSPS) is 12.5. The molecule has 0 aromatic heterocycles. The van der Waals surface area contributed by atoms with E-state index >= 15 is 0 Å². The minimum atomic E-state index is 0.252. The summed E-state index contributed by atoms with van der Waals surface area (Å²) in [6.07, 6.45) is 3.56. The Hall–Kier alpha value is -0.550. The lowest BCUT2D eigenvalue weighted by molar-refractivity contribution is 0.272. The van der Waals surface area contributed by atoms with E-state index in [2.05, 4.69) is 16.2 Å². The maximum atomic E-state index is 5.68. The van der Waals surface area contributed by atoms with Crippen molar-refractivity contribution in [3.8, 4) is 5.75 Å². The second-order valence-electron chi connectivity index (χ2n) is 3.11. The van der Waals surface area contributed by atoms with Crippen LogP contribution in [0.1, 0.15) is 26.2 Å².